The normalized spacial score (nSPS) is 19.5. The number of hydrogen-bond acceptors (Lipinski definition) is 4. The van der Waals surface area contributed by atoms with E-state index in [1.54, 1.807) is 6.92 Å². The van der Waals surface area contributed by atoms with Crippen molar-refractivity contribution in [2.75, 3.05) is 0 Å². The van der Waals surface area contributed by atoms with E-state index in [1.807, 2.05) is 0 Å². The number of aliphatic hydroxyl groups is 1. The van der Waals surface area contributed by atoms with Crippen molar-refractivity contribution in [1.29, 1.82) is 0 Å². The maximum Gasteiger partial charge on any atom is 0.434 e. The van der Waals surface area contributed by atoms with Crippen molar-refractivity contribution >= 4 is 17.2 Å². The van der Waals surface area contributed by atoms with Gasteiger partial charge in [-0.15, -0.1) is 11.3 Å². The van der Waals surface area contributed by atoms with E-state index < -0.39 is 29.4 Å². The summed E-state index contributed by atoms with van der Waals surface area (Å²) < 4.78 is 37.7. The lowest BCUT2D eigenvalue weighted by atomic mass is 10.0. The Hall–Kier alpha value is -1.15. The van der Waals surface area contributed by atoms with E-state index in [0.29, 0.717) is 19.3 Å². The number of nitrogens with zero attached hydrogens (tertiary/aromatic N) is 1. The molecule has 1 aromatic rings. The molecule has 0 aromatic carbocycles. The number of carbonyl (C=O) groups is 1. The van der Waals surface area contributed by atoms with Gasteiger partial charge in [0.2, 0.25) is 0 Å². The minimum Gasteiger partial charge on any atom is -0.380 e. The largest absolute Gasteiger partial charge is 0.434 e. The van der Waals surface area contributed by atoms with Crippen LogP contribution < -0.4 is 5.32 Å². The summed E-state index contributed by atoms with van der Waals surface area (Å²) >= 11 is 0.865. The molecule has 1 saturated carbocycles. The van der Waals surface area contributed by atoms with E-state index in [2.05, 4.69) is 10.3 Å². The Bertz CT molecular complexity index is 510. The highest BCUT2D eigenvalue weighted by Crippen LogP contribution is 2.34. The van der Waals surface area contributed by atoms with Gasteiger partial charge in [0.25, 0.3) is 5.91 Å². The van der Waals surface area contributed by atoms with Crippen molar-refractivity contribution in [3.8, 4) is 0 Å². The molecule has 1 heterocycles. The van der Waals surface area contributed by atoms with Crippen LogP contribution in [-0.2, 0) is 11.0 Å². The first-order valence-corrected chi connectivity index (χ1v) is 7.70. The van der Waals surface area contributed by atoms with E-state index in [0.717, 1.165) is 29.6 Å². The van der Waals surface area contributed by atoms with Crippen LogP contribution >= 0.6 is 11.3 Å². The number of thiazole rings is 1. The molecule has 4 nitrogen and oxygen atoms in total. The summed E-state index contributed by atoms with van der Waals surface area (Å²) in [4.78, 5) is 15.7. The molecule has 1 aliphatic rings. The fourth-order valence-corrected chi connectivity index (χ4v) is 3.36. The summed E-state index contributed by atoms with van der Waals surface area (Å²) in [6.45, 7) is 1.75. The summed E-state index contributed by atoms with van der Waals surface area (Å²) in [5.41, 5.74) is -2.34. The zero-order valence-electron chi connectivity index (χ0n) is 11.5. The summed E-state index contributed by atoms with van der Waals surface area (Å²) in [5, 5.41) is 13.9. The number of nitrogens with one attached hydrogen (secondary N) is 1. The minimum absolute atomic E-state index is 0.208. The van der Waals surface area contributed by atoms with Crippen LogP contribution in [0.25, 0.3) is 0 Å². The van der Waals surface area contributed by atoms with E-state index in [-0.39, 0.29) is 5.01 Å². The molecule has 0 radical (unpaired) electrons. The molecule has 2 rings (SSSR count). The molecule has 0 bridgehead atoms. The molecule has 1 aliphatic carbocycles. The van der Waals surface area contributed by atoms with Gasteiger partial charge in [-0.25, -0.2) is 4.98 Å². The molecular weight excluding hydrogens is 305 g/mol. The third-order valence-electron chi connectivity index (χ3n) is 3.68. The Kier molecular flexibility index (Phi) is 4.57. The first-order valence-electron chi connectivity index (χ1n) is 6.82. The van der Waals surface area contributed by atoms with Crippen molar-refractivity contribution in [3.05, 3.63) is 16.1 Å². The third kappa shape index (κ3) is 3.55. The Balaban J connectivity index is 2.09. The number of amides is 1. The highest BCUT2D eigenvalue weighted by atomic mass is 32.1. The zero-order valence-corrected chi connectivity index (χ0v) is 12.4. The smallest absolute Gasteiger partial charge is 0.380 e. The first-order chi connectivity index (χ1) is 9.76. The molecule has 118 valence electrons. The molecule has 0 spiro atoms. The predicted molar refractivity (Wildman–Crippen MR) is 71.7 cm³/mol. The van der Waals surface area contributed by atoms with Crippen LogP contribution in [0, 0.1) is 0 Å². The minimum atomic E-state index is -4.49. The van der Waals surface area contributed by atoms with Crippen LogP contribution in [0.3, 0.4) is 0 Å². The molecule has 1 fully saturated rings. The van der Waals surface area contributed by atoms with Crippen LogP contribution in [0.1, 0.15) is 55.8 Å². The van der Waals surface area contributed by atoms with Gasteiger partial charge in [-0.2, -0.15) is 13.2 Å². The standard InChI is InChI=1S/C13H17F3N2O2S/c1-2-8(10-18-9(7-21-10)13(14,15)16)17-11(19)12(20)5-3-4-6-12/h7-8,20H,2-6H2,1H3,(H,17,19). The van der Waals surface area contributed by atoms with Gasteiger partial charge >= 0.3 is 6.18 Å². The average Bonchev–Trinajstić information content (AvgIpc) is 3.04. The first kappa shape index (κ1) is 16.2. The number of halogens is 3. The van der Waals surface area contributed by atoms with Gasteiger partial charge in [0, 0.05) is 5.38 Å². The number of aromatic nitrogens is 1. The van der Waals surface area contributed by atoms with E-state index in [4.69, 9.17) is 0 Å². The van der Waals surface area contributed by atoms with Gasteiger partial charge in [-0.3, -0.25) is 4.79 Å². The second kappa shape index (κ2) is 5.92. The fourth-order valence-electron chi connectivity index (χ4n) is 2.40. The SMILES string of the molecule is CCC(NC(=O)C1(O)CCCC1)c1nc(C(F)(F)F)cs1. The van der Waals surface area contributed by atoms with Crippen molar-refractivity contribution in [3.63, 3.8) is 0 Å². The van der Waals surface area contributed by atoms with Crippen LogP contribution in [-0.4, -0.2) is 21.6 Å². The third-order valence-corrected chi connectivity index (χ3v) is 4.64. The second-order valence-corrected chi connectivity index (χ2v) is 6.13. The molecular formula is C13H17F3N2O2S. The van der Waals surface area contributed by atoms with Gasteiger partial charge in [0.15, 0.2) is 5.69 Å². The lowest BCUT2D eigenvalue weighted by Crippen LogP contribution is -2.46. The Morgan fingerprint density at radius 2 is 2.14 bits per heavy atom. The van der Waals surface area contributed by atoms with Crippen LogP contribution in [0.5, 0.6) is 0 Å². The molecule has 2 N–H and O–H groups in total. The van der Waals surface area contributed by atoms with Crippen LogP contribution in [0.15, 0.2) is 5.38 Å². The molecule has 1 aromatic heterocycles. The van der Waals surface area contributed by atoms with Crippen molar-refractivity contribution in [2.45, 2.75) is 56.8 Å². The van der Waals surface area contributed by atoms with Gasteiger partial charge in [-0.1, -0.05) is 6.92 Å². The molecule has 8 heteroatoms. The summed E-state index contributed by atoms with van der Waals surface area (Å²) in [6.07, 6.45) is -1.75. The summed E-state index contributed by atoms with van der Waals surface area (Å²) in [5.74, 6) is -0.518. The average molecular weight is 322 g/mol. The topological polar surface area (TPSA) is 62.2 Å². The Morgan fingerprint density at radius 3 is 2.62 bits per heavy atom. The predicted octanol–water partition coefficient (Wildman–Crippen LogP) is 3.03. The molecule has 0 aliphatic heterocycles. The number of hydrogen-bond donors (Lipinski definition) is 2. The van der Waals surface area contributed by atoms with Crippen LogP contribution in [0.4, 0.5) is 13.2 Å². The zero-order chi connectivity index (χ0) is 15.7. The van der Waals surface area contributed by atoms with Crippen molar-refractivity contribution in [2.24, 2.45) is 0 Å². The van der Waals surface area contributed by atoms with Gasteiger partial charge in [0.05, 0.1) is 6.04 Å². The maximum atomic E-state index is 12.6. The quantitative estimate of drug-likeness (QED) is 0.895. The summed E-state index contributed by atoms with van der Waals surface area (Å²) in [7, 11) is 0. The van der Waals surface area contributed by atoms with Gasteiger partial charge in [-0.05, 0) is 32.1 Å². The lowest BCUT2D eigenvalue weighted by Gasteiger charge is -2.24. The van der Waals surface area contributed by atoms with Crippen molar-refractivity contribution < 1.29 is 23.1 Å². The van der Waals surface area contributed by atoms with Gasteiger partial charge in [0.1, 0.15) is 10.6 Å². The number of carbonyl (C=O) groups excluding carboxylic acids is 1. The second-order valence-electron chi connectivity index (χ2n) is 5.24. The maximum absolute atomic E-state index is 12.6. The molecule has 1 unspecified atom stereocenters. The van der Waals surface area contributed by atoms with Crippen LogP contribution in [0.2, 0.25) is 0 Å². The summed E-state index contributed by atoms with van der Waals surface area (Å²) in [6, 6.07) is -0.608. The number of alkyl halides is 3. The van der Waals surface area contributed by atoms with Crippen molar-refractivity contribution in [1.82, 2.24) is 10.3 Å². The molecule has 1 atom stereocenters. The molecule has 21 heavy (non-hydrogen) atoms. The fraction of sp³-hybridized carbons (Fsp3) is 0.692. The van der Waals surface area contributed by atoms with Gasteiger partial charge < -0.3 is 10.4 Å². The van der Waals surface area contributed by atoms with E-state index in [9.17, 15) is 23.1 Å². The molecule has 1 amide bonds. The Morgan fingerprint density at radius 1 is 1.52 bits per heavy atom. The molecule has 0 saturated heterocycles. The highest BCUT2D eigenvalue weighted by molar-refractivity contribution is 7.09. The Labute approximate surface area is 124 Å². The number of rotatable bonds is 4. The lowest BCUT2D eigenvalue weighted by molar-refractivity contribution is -0.140. The highest BCUT2D eigenvalue weighted by Gasteiger charge is 2.40. The van der Waals surface area contributed by atoms with E-state index >= 15 is 0 Å². The monoisotopic (exact) mass is 322 g/mol. The van der Waals surface area contributed by atoms with E-state index in [1.165, 1.54) is 0 Å².